The normalized spacial score (nSPS) is 11.2. The minimum atomic E-state index is -0.254. The molecule has 0 unspecified atom stereocenters. The molecule has 8 nitrogen and oxygen atoms in total. The third-order valence-corrected chi connectivity index (χ3v) is 5.70. The van der Waals surface area contributed by atoms with E-state index in [1.807, 2.05) is 37.3 Å². The van der Waals surface area contributed by atoms with E-state index in [-0.39, 0.29) is 17.2 Å². The van der Waals surface area contributed by atoms with Gasteiger partial charge in [0.1, 0.15) is 5.01 Å². The Hall–Kier alpha value is -3.85. The van der Waals surface area contributed by atoms with Crippen molar-refractivity contribution in [1.82, 2.24) is 14.8 Å². The van der Waals surface area contributed by atoms with Gasteiger partial charge in [-0.1, -0.05) is 30.3 Å². The molecule has 0 spiro atoms. The first-order chi connectivity index (χ1) is 15.4. The second-order valence-corrected chi connectivity index (χ2v) is 8.57. The van der Waals surface area contributed by atoms with Gasteiger partial charge in [-0.05, 0) is 38.1 Å². The zero-order valence-electron chi connectivity index (χ0n) is 17.9. The number of aromatic nitrogens is 3. The Morgan fingerprint density at radius 2 is 1.81 bits per heavy atom. The molecule has 4 aromatic rings. The largest absolute Gasteiger partial charge is 0.326 e. The highest BCUT2D eigenvalue weighted by Crippen LogP contribution is 2.28. The van der Waals surface area contributed by atoms with E-state index < -0.39 is 0 Å². The van der Waals surface area contributed by atoms with Crippen LogP contribution >= 0.6 is 11.3 Å². The molecule has 2 heterocycles. The summed E-state index contributed by atoms with van der Waals surface area (Å²) in [5.74, 6) is -0.144. The maximum Gasteiger partial charge on any atom is 0.294 e. The molecule has 32 heavy (non-hydrogen) atoms. The minimum absolute atomic E-state index is 0.144. The highest BCUT2D eigenvalue weighted by molar-refractivity contribution is 7.12. The number of aryl methyl sites for hydroxylation is 2. The summed E-state index contributed by atoms with van der Waals surface area (Å²) in [4.78, 5) is 29.8. The zero-order valence-corrected chi connectivity index (χ0v) is 18.7. The standard InChI is InChI=1S/C23H22N6O2S/c1-14-21(27-26-19-11-9-18(10-12-19)24-16(3)30)23(31)29(28-14)13-20-25-22(15(2)32-20)17-7-5-4-6-8-17/h4-12,28H,13H2,1-3H3,(H,24,30). The number of hydrogen-bond acceptors (Lipinski definition) is 6. The van der Waals surface area contributed by atoms with Crippen LogP contribution in [0.3, 0.4) is 0 Å². The lowest BCUT2D eigenvalue weighted by atomic mass is 10.1. The molecule has 4 rings (SSSR count). The predicted octanol–water partition coefficient (Wildman–Crippen LogP) is 5.34. The van der Waals surface area contributed by atoms with Gasteiger partial charge in [0, 0.05) is 23.1 Å². The number of nitrogens with zero attached hydrogens (tertiary/aromatic N) is 4. The monoisotopic (exact) mass is 446 g/mol. The van der Waals surface area contributed by atoms with Crippen molar-refractivity contribution in [1.29, 1.82) is 0 Å². The van der Waals surface area contributed by atoms with Crippen molar-refractivity contribution in [3.63, 3.8) is 0 Å². The Kier molecular flexibility index (Phi) is 6.09. The first kappa shape index (κ1) is 21.4. The van der Waals surface area contributed by atoms with E-state index in [0.29, 0.717) is 23.6 Å². The third-order valence-electron chi connectivity index (χ3n) is 4.74. The molecule has 0 bridgehead atoms. The van der Waals surface area contributed by atoms with Gasteiger partial charge in [-0.2, -0.15) is 5.11 Å². The Balaban J connectivity index is 1.53. The molecule has 1 amide bonds. The molecule has 0 atom stereocenters. The highest BCUT2D eigenvalue weighted by atomic mass is 32.1. The number of nitrogens with one attached hydrogen (secondary N) is 2. The molecule has 0 aliphatic heterocycles. The summed E-state index contributed by atoms with van der Waals surface area (Å²) in [6, 6.07) is 16.9. The molecule has 0 aliphatic rings. The van der Waals surface area contributed by atoms with Crippen LogP contribution in [0.25, 0.3) is 11.3 Å². The summed E-state index contributed by atoms with van der Waals surface area (Å²) >= 11 is 1.57. The molecule has 162 valence electrons. The molecule has 0 saturated carbocycles. The quantitative estimate of drug-likeness (QED) is 0.391. The van der Waals surface area contributed by atoms with E-state index >= 15 is 0 Å². The average Bonchev–Trinajstić information content (AvgIpc) is 3.26. The van der Waals surface area contributed by atoms with Crippen molar-refractivity contribution in [2.45, 2.75) is 27.3 Å². The van der Waals surface area contributed by atoms with Crippen LogP contribution in [0.5, 0.6) is 0 Å². The van der Waals surface area contributed by atoms with Crippen LogP contribution in [0.1, 0.15) is 22.5 Å². The zero-order chi connectivity index (χ0) is 22.7. The second-order valence-electron chi connectivity index (χ2n) is 7.28. The number of anilines is 1. The lowest BCUT2D eigenvalue weighted by Gasteiger charge is -2.00. The van der Waals surface area contributed by atoms with Crippen molar-refractivity contribution in [3.05, 3.63) is 80.5 Å². The number of H-pyrrole nitrogens is 1. The van der Waals surface area contributed by atoms with E-state index in [4.69, 9.17) is 4.98 Å². The third kappa shape index (κ3) is 4.73. The fourth-order valence-corrected chi connectivity index (χ4v) is 4.21. The minimum Gasteiger partial charge on any atom is -0.326 e. The summed E-state index contributed by atoms with van der Waals surface area (Å²) in [5.41, 5.74) is 3.87. The molecule has 0 radical (unpaired) electrons. The van der Waals surface area contributed by atoms with Gasteiger partial charge >= 0.3 is 0 Å². The predicted molar refractivity (Wildman–Crippen MR) is 126 cm³/mol. The van der Waals surface area contributed by atoms with Gasteiger partial charge in [0.05, 0.1) is 23.6 Å². The Labute approximate surface area is 188 Å². The van der Waals surface area contributed by atoms with Crippen LogP contribution in [-0.4, -0.2) is 20.7 Å². The highest BCUT2D eigenvalue weighted by Gasteiger charge is 2.15. The van der Waals surface area contributed by atoms with Gasteiger partial charge in [-0.3, -0.25) is 14.7 Å². The molecule has 0 saturated heterocycles. The van der Waals surface area contributed by atoms with E-state index in [1.165, 1.54) is 11.6 Å². The van der Waals surface area contributed by atoms with Gasteiger partial charge in [-0.25, -0.2) is 9.67 Å². The van der Waals surface area contributed by atoms with Crippen LogP contribution in [-0.2, 0) is 11.3 Å². The Morgan fingerprint density at radius 1 is 1.09 bits per heavy atom. The van der Waals surface area contributed by atoms with Gasteiger partial charge < -0.3 is 5.32 Å². The number of hydrogen-bond donors (Lipinski definition) is 2. The summed E-state index contributed by atoms with van der Waals surface area (Å²) in [7, 11) is 0. The van der Waals surface area contributed by atoms with Crippen LogP contribution in [0.15, 0.2) is 69.6 Å². The fourth-order valence-electron chi connectivity index (χ4n) is 3.26. The molecular formula is C23H22N6O2S. The number of thiazole rings is 1. The number of carbonyl (C=O) groups is 1. The smallest absolute Gasteiger partial charge is 0.294 e. The van der Waals surface area contributed by atoms with E-state index in [1.54, 1.807) is 42.5 Å². The van der Waals surface area contributed by atoms with Crippen molar-refractivity contribution < 1.29 is 4.79 Å². The van der Waals surface area contributed by atoms with E-state index in [0.717, 1.165) is 21.1 Å². The molecule has 2 N–H and O–H groups in total. The maximum absolute atomic E-state index is 12.9. The molecule has 0 fully saturated rings. The SMILES string of the molecule is CC(=O)Nc1ccc(N=Nc2c(C)[nH]n(Cc3nc(-c4ccccc4)c(C)s3)c2=O)cc1. The van der Waals surface area contributed by atoms with E-state index in [9.17, 15) is 9.59 Å². The van der Waals surface area contributed by atoms with Crippen LogP contribution < -0.4 is 10.9 Å². The van der Waals surface area contributed by atoms with Crippen LogP contribution in [0.2, 0.25) is 0 Å². The lowest BCUT2D eigenvalue weighted by molar-refractivity contribution is -0.114. The number of amides is 1. The Bertz CT molecular complexity index is 1330. The summed E-state index contributed by atoms with van der Waals surface area (Å²) in [6.45, 7) is 5.60. The molecule has 2 aromatic carbocycles. The van der Waals surface area contributed by atoms with Crippen LogP contribution in [0.4, 0.5) is 17.1 Å². The van der Waals surface area contributed by atoms with Crippen molar-refractivity contribution in [3.8, 4) is 11.3 Å². The Morgan fingerprint density at radius 3 is 2.50 bits per heavy atom. The van der Waals surface area contributed by atoms with Gasteiger partial charge in [0.2, 0.25) is 5.91 Å². The van der Waals surface area contributed by atoms with Crippen molar-refractivity contribution in [2.24, 2.45) is 10.2 Å². The number of azo groups is 1. The molecular weight excluding hydrogens is 424 g/mol. The number of rotatable bonds is 6. The summed E-state index contributed by atoms with van der Waals surface area (Å²) in [5, 5.41) is 14.9. The summed E-state index contributed by atoms with van der Waals surface area (Å²) in [6.07, 6.45) is 0. The average molecular weight is 447 g/mol. The topological polar surface area (TPSA) is 104 Å². The molecule has 2 aromatic heterocycles. The van der Waals surface area contributed by atoms with Gasteiger partial charge in [0.25, 0.3) is 5.56 Å². The number of aromatic amines is 1. The van der Waals surface area contributed by atoms with Crippen LogP contribution in [0, 0.1) is 13.8 Å². The first-order valence-corrected chi connectivity index (χ1v) is 10.8. The van der Waals surface area contributed by atoms with Crippen molar-refractivity contribution >= 4 is 34.3 Å². The maximum atomic E-state index is 12.9. The van der Waals surface area contributed by atoms with Crippen molar-refractivity contribution in [2.75, 3.05) is 5.32 Å². The van der Waals surface area contributed by atoms with E-state index in [2.05, 4.69) is 20.6 Å². The first-order valence-electron chi connectivity index (χ1n) is 10.0. The summed E-state index contributed by atoms with van der Waals surface area (Å²) < 4.78 is 1.50. The van der Waals surface area contributed by atoms with Gasteiger partial charge in [-0.15, -0.1) is 16.5 Å². The lowest BCUT2D eigenvalue weighted by Crippen LogP contribution is -2.17. The second kappa shape index (κ2) is 9.11. The number of benzene rings is 2. The molecule has 9 heteroatoms. The fraction of sp³-hybridized carbons (Fsp3) is 0.174. The number of carbonyl (C=O) groups excluding carboxylic acids is 1. The van der Waals surface area contributed by atoms with Gasteiger partial charge in [0.15, 0.2) is 5.69 Å². The molecule has 0 aliphatic carbocycles.